The number of nitrogens with zero attached hydrogens (tertiary/aromatic N) is 1. The second kappa shape index (κ2) is 6.46. The quantitative estimate of drug-likeness (QED) is 0.775. The van der Waals surface area contributed by atoms with Crippen LogP contribution in [0.5, 0.6) is 0 Å². The Bertz CT molecular complexity index is 284. The molecule has 0 saturated carbocycles. The Morgan fingerprint density at radius 1 is 1.27 bits per heavy atom. The van der Waals surface area contributed by atoms with E-state index in [9.17, 15) is 0 Å². The lowest BCUT2D eigenvalue weighted by molar-refractivity contribution is 0.720. The third kappa shape index (κ3) is 3.92. The minimum Gasteiger partial charge on any atom is -0.371 e. The fourth-order valence-corrected chi connectivity index (χ4v) is 1.75. The Labute approximate surface area is 93.1 Å². The third-order valence-electron chi connectivity index (χ3n) is 2.49. The van der Waals surface area contributed by atoms with Gasteiger partial charge in [-0.25, -0.2) is 0 Å². The largest absolute Gasteiger partial charge is 0.371 e. The SMILES string of the molecule is CCCN(CCCN)c1cccc(C)c1. The molecule has 0 unspecified atom stereocenters. The highest BCUT2D eigenvalue weighted by Crippen LogP contribution is 2.16. The lowest BCUT2D eigenvalue weighted by Gasteiger charge is -2.24. The van der Waals surface area contributed by atoms with Crippen LogP contribution in [-0.4, -0.2) is 19.6 Å². The van der Waals surface area contributed by atoms with Gasteiger partial charge in [0.05, 0.1) is 0 Å². The summed E-state index contributed by atoms with van der Waals surface area (Å²) in [6.45, 7) is 7.30. The van der Waals surface area contributed by atoms with Crippen molar-refractivity contribution in [1.82, 2.24) is 0 Å². The maximum atomic E-state index is 5.55. The average Bonchev–Trinajstić information content (AvgIpc) is 2.24. The number of hydrogen-bond donors (Lipinski definition) is 1. The summed E-state index contributed by atoms with van der Waals surface area (Å²) in [4.78, 5) is 2.42. The van der Waals surface area contributed by atoms with Crippen LogP contribution in [0.25, 0.3) is 0 Å². The van der Waals surface area contributed by atoms with Gasteiger partial charge in [0.1, 0.15) is 0 Å². The molecule has 0 spiro atoms. The molecule has 0 amide bonds. The highest BCUT2D eigenvalue weighted by molar-refractivity contribution is 5.48. The van der Waals surface area contributed by atoms with E-state index in [0.717, 1.165) is 26.1 Å². The number of benzene rings is 1. The molecule has 84 valence electrons. The van der Waals surface area contributed by atoms with Crippen LogP contribution >= 0.6 is 0 Å². The van der Waals surface area contributed by atoms with E-state index in [0.29, 0.717) is 0 Å². The van der Waals surface area contributed by atoms with Gasteiger partial charge in [-0.2, -0.15) is 0 Å². The van der Waals surface area contributed by atoms with Gasteiger partial charge in [0.15, 0.2) is 0 Å². The molecule has 0 fully saturated rings. The summed E-state index contributed by atoms with van der Waals surface area (Å²) >= 11 is 0. The Morgan fingerprint density at radius 2 is 2.07 bits per heavy atom. The van der Waals surface area contributed by atoms with Gasteiger partial charge >= 0.3 is 0 Å². The van der Waals surface area contributed by atoms with E-state index >= 15 is 0 Å². The molecule has 2 nitrogen and oxygen atoms in total. The molecule has 0 saturated heterocycles. The van der Waals surface area contributed by atoms with Crippen molar-refractivity contribution in [3.05, 3.63) is 29.8 Å². The summed E-state index contributed by atoms with van der Waals surface area (Å²) in [5.74, 6) is 0. The number of anilines is 1. The lowest BCUT2D eigenvalue weighted by Crippen LogP contribution is -2.26. The molecule has 2 heteroatoms. The van der Waals surface area contributed by atoms with Crippen molar-refractivity contribution in [3.63, 3.8) is 0 Å². The summed E-state index contributed by atoms with van der Waals surface area (Å²) in [6, 6.07) is 8.68. The van der Waals surface area contributed by atoms with Crippen molar-refractivity contribution in [2.45, 2.75) is 26.7 Å². The summed E-state index contributed by atoms with van der Waals surface area (Å²) in [7, 11) is 0. The van der Waals surface area contributed by atoms with Crippen LogP contribution in [0.2, 0.25) is 0 Å². The highest BCUT2D eigenvalue weighted by atomic mass is 15.1. The zero-order chi connectivity index (χ0) is 11.1. The van der Waals surface area contributed by atoms with Crippen molar-refractivity contribution in [3.8, 4) is 0 Å². The third-order valence-corrected chi connectivity index (χ3v) is 2.49. The molecule has 0 radical (unpaired) electrons. The fraction of sp³-hybridized carbons (Fsp3) is 0.538. The maximum absolute atomic E-state index is 5.55. The Hall–Kier alpha value is -1.02. The molecule has 1 aromatic rings. The van der Waals surface area contributed by atoms with Crippen LogP contribution in [0.4, 0.5) is 5.69 Å². The minimum atomic E-state index is 0.770. The predicted octanol–water partition coefficient (Wildman–Crippen LogP) is 2.56. The second-order valence-corrected chi connectivity index (χ2v) is 3.97. The van der Waals surface area contributed by atoms with E-state index < -0.39 is 0 Å². The van der Waals surface area contributed by atoms with Gasteiger partial charge in [-0.15, -0.1) is 0 Å². The molecule has 0 aromatic heterocycles. The zero-order valence-electron chi connectivity index (χ0n) is 9.87. The fourth-order valence-electron chi connectivity index (χ4n) is 1.75. The topological polar surface area (TPSA) is 29.3 Å². The van der Waals surface area contributed by atoms with Gasteiger partial charge in [-0.05, 0) is 44.0 Å². The molecule has 15 heavy (non-hydrogen) atoms. The maximum Gasteiger partial charge on any atom is 0.0368 e. The van der Waals surface area contributed by atoms with Crippen molar-refractivity contribution in [2.24, 2.45) is 5.73 Å². The summed E-state index contributed by atoms with van der Waals surface area (Å²) < 4.78 is 0. The Morgan fingerprint density at radius 3 is 2.67 bits per heavy atom. The molecular weight excluding hydrogens is 184 g/mol. The van der Waals surface area contributed by atoms with Gasteiger partial charge in [0, 0.05) is 18.8 Å². The molecule has 0 heterocycles. The number of aryl methyl sites for hydroxylation is 1. The minimum absolute atomic E-state index is 0.770. The van der Waals surface area contributed by atoms with E-state index in [1.54, 1.807) is 0 Å². The standard InChI is InChI=1S/C13H22N2/c1-3-9-15(10-5-8-14)13-7-4-6-12(2)11-13/h4,6-7,11H,3,5,8-10,14H2,1-2H3. The van der Waals surface area contributed by atoms with E-state index in [1.165, 1.54) is 17.7 Å². The summed E-state index contributed by atoms with van der Waals surface area (Å²) in [6.07, 6.45) is 2.24. The van der Waals surface area contributed by atoms with Crippen LogP contribution in [0.3, 0.4) is 0 Å². The van der Waals surface area contributed by atoms with E-state index in [2.05, 4.69) is 43.0 Å². The molecule has 0 aliphatic carbocycles. The molecule has 1 aromatic carbocycles. The van der Waals surface area contributed by atoms with Crippen LogP contribution in [0.15, 0.2) is 24.3 Å². The molecule has 0 atom stereocenters. The first kappa shape index (κ1) is 12.1. The number of hydrogen-bond acceptors (Lipinski definition) is 2. The first-order chi connectivity index (χ1) is 7.27. The smallest absolute Gasteiger partial charge is 0.0368 e. The van der Waals surface area contributed by atoms with Crippen LogP contribution in [0, 0.1) is 6.92 Å². The van der Waals surface area contributed by atoms with Crippen molar-refractivity contribution >= 4 is 5.69 Å². The van der Waals surface area contributed by atoms with Crippen LogP contribution < -0.4 is 10.6 Å². The first-order valence-corrected chi connectivity index (χ1v) is 5.79. The molecule has 2 N–H and O–H groups in total. The van der Waals surface area contributed by atoms with Crippen molar-refractivity contribution in [2.75, 3.05) is 24.5 Å². The first-order valence-electron chi connectivity index (χ1n) is 5.79. The van der Waals surface area contributed by atoms with E-state index in [1.807, 2.05) is 0 Å². The normalized spacial score (nSPS) is 10.3. The Balaban J connectivity index is 2.69. The number of rotatable bonds is 6. The van der Waals surface area contributed by atoms with E-state index in [4.69, 9.17) is 5.73 Å². The van der Waals surface area contributed by atoms with Gasteiger partial charge in [-0.3, -0.25) is 0 Å². The van der Waals surface area contributed by atoms with Gasteiger partial charge in [-0.1, -0.05) is 19.1 Å². The summed E-state index contributed by atoms with van der Waals surface area (Å²) in [5.41, 5.74) is 8.20. The van der Waals surface area contributed by atoms with Gasteiger partial charge in [0.25, 0.3) is 0 Å². The summed E-state index contributed by atoms with van der Waals surface area (Å²) in [5, 5.41) is 0. The monoisotopic (exact) mass is 206 g/mol. The number of nitrogens with two attached hydrogens (primary N) is 1. The molecule has 0 aliphatic rings. The Kier molecular flexibility index (Phi) is 5.19. The average molecular weight is 206 g/mol. The van der Waals surface area contributed by atoms with Gasteiger partial charge < -0.3 is 10.6 Å². The van der Waals surface area contributed by atoms with Crippen LogP contribution in [0.1, 0.15) is 25.3 Å². The van der Waals surface area contributed by atoms with Crippen molar-refractivity contribution < 1.29 is 0 Å². The predicted molar refractivity (Wildman–Crippen MR) is 67.4 cm³/mol. The molecule has 0 aliphatic heterocycles. The van der Waals surface area contributed by atoms with Crippen molar-refractivity contribution in [1.29, 1.82) is 0 Å². The lowest BCUT2D eigenvalue weighted by atomic mass is 10.2. The molecule has 1 rings (SSSR count). The van der Waals surface area contributed by atoms with Gasteiger partial charge in [0.2, 0.25) is 0 Å². The zero-order valence-corrected chi connectivity index (χ0v) is 9.87. The highest BCUT2D eigenvalue weighted by Gasteiger charge is 2.04. The second-order valence-electron chi connectivity index (χ2n) is 3.97. The molecule has 0 bridgehead atoms. The van der Waals surface area contributed by atoms with Crippen LogP contribution in [-0.2, 0) is 0 Å². The molecular formula is C13H22N2. The van der Waals surface area contributed by atoms with E-state index in [-0.39, 0.29) is 0 Å².